The fourth-order valence-corrected chi connectivity index (χ4v) is 5.36. The van der Waals surface area contributed by atoms with Crippen molar-refractivity contribution in [3.8, 4) is 11.8 Å². The van der Waals surface area contributed by atoms with E-state index in [1.807, 2.05) is 36.4 Å². The van der Waals surface area contributed by atoms with E-state index in [0.29, 0.717) is 11.3 Å². The van der Waals surface area contributed by atoms with Crippen molar-refractivity contribution in [3.05, 3.63) is 114 Å². The first kappa shape index (κ1) is 21.7. The Balaban J connectivity index is 1.43. The minimum Gasteiger partial charge on any atom is -0.256 e. The Morgan fingerprint density at radius 1 is 1.06 bits per heavy atom. The molecule has 0 fully saturated rings. The van der Waals surface area contributed by atoms with Gasteiger partial charge in [-0.3, -0.25) is 4.98 Å². The molecule has 168 valence electrons. The molecule has 4 aromatic rings. The molecule has 0 saturated carbocycles. The first-order valence-corrected chi connectivity index (χ1v) is 11.8. The number of nitriles is 1. The quantitative estimate of drug-likeness (QED) is 0.409. The molecule has 5 rings (SSSR count). The number of aromatic nitrogens is 3. The maximum Gasteiger partial charge on any atom is 0.243 e. The van der Waals surface area contributed by atoms with Crippen LogP contribution in [0.15, 0.2) is 90.2 Å². The minimum atomic E-state index is -3.94. The molecule has 0 unspecified atom stereocenters. The molecule has 0 saturated heterocycles. The van der Waals surface area contributed by atoms with E-state index in [9.17, 15) is 18.1 Å². The van der Waals surface area contributed by atoms with Gasteiger partial charge >= 0.3 is 0 Å². The molecule has 0 amide bonds. The average molecular weight is 472 g/mol. The summed E-state index contributed by atoms with van der Waals surface area (Å²) < 4.78 is 43.8. The molecule has 0 aliphatic carbocycles. The van der Waals surface area contributed by atoms with E-state index in [2.05, 4.69) is 16.2 Å². The highest BCUT2D eigenvalue weighted by molar-refractivity contribution is 7.89. The van der Waals surface area contributed by atoms with Crippen LogP contribution in [0.1, 0.15) is 22.4 Å². The maximum absolute atomic E-state index is 14.7. The van der Waals surface area contributed by atoms with E-state index in [0.717, 1.165) is 22.8 Å². The van der Waals surface area contributed by atoms with E-state index in [1.165, 1.54) is 33.4 Å². The lowest BCUT2D eigenvalue weighted by Crippen LogP contribution is -2.25. The molecule has 0 spiro atoms. The van der Waals surface area contributed by atoms with Crippen molar-refractivity contribution in [1.29, 1.82) is 5.26 Å². The predicted molar refractivity (Wildman–Crippen MR) is 123 cm³/mol. The van der Waals surface area contributed by atoms with Crippen molar-refractivity contribution in [2.24, 2.45) is 0 Å². The van der Waals surface area contributed by atoms with Gasteiger partial charge in [0.2, 0.25) is 10.0 Å². The molecule has 1 aliphatic rings. The Hall–Kier alpha value is -4.13. The van der Waals surface area contributed by atoms with Gasteiger partial charge in [-0.1, -0.05) is 30.3 Å². The Bertz CT molecular complexity index is 1540. The zero-order chi connectivity index (χ0) is 23.7. The van der Waals surface area contributed by atoms with Crippen LogP contribution in [0.25, 0.3) is 11.3 Å². The van der Waals surface area contributed by atoms with E-state index >= 15 is 0 Å². The Kier molecular flexibility index (Phi) is 5.53. The zero-order valence-corrected chi connectivity index (χ0v) is 18.7. The third-order valence-corrected chi connectivity index (χ3v) is 7.44. The van der Waals surface area contributed by atoms with E-state index in [1.54, 1.807) is 18.5 Å². The number of halogens is 1. The third-order valence-electron chi connectivity index (χ3n) is 5.65. The monoisotopic (exact) mass is 471 g/mol. The summed E-state index contributed by atoms with van der Waals surface area (Å²) >= 11 is 0. The van der Waals surface area contributed by atoms with Crippen LogP contribution in [-0.2, 0) is 23.1 Å². The first-order valence-electron chi connectivity index (χ1n) is 10.4. The lowest BCUT2D eigenvalue weighted by atomic mass is 10.00. The molecular weight excluding hydrogens is 453 g/mol. The number of rotatable bonds is 5. The highest BCUT2D eigenvalue weighted by atomic mass is 32.2. The van der Waals surface area contributed by atoms with Crippen LogP contribution in [0.4, 0.5) is 4.39 Å². The molecular formula is C25H18FN5O2S. The molecule has 0 radical (unpaired) electrons. The van der Waals surface area contributed by atoms with Gasteiger partial charge in [0.1, 0.15) is 11.5 Å². The highest BCUT2D eigenvalue weighted by Gasteiger charge is 2.32. The fraction of sp³-hybridized carbons (Fsp3) is 0.0800. The summed E-state index contributed by atoms with van der Waals surface area (Å²) in [6.45, 7) is 0.264. The van der Waals surface area contributed by atoms with Gasteiger partial charge in [-0.15, -0.1) is 0 Å². The smallest absolute Gasteiger partial charge is 0.243 e. The van der Waals surface area contributed by atoms with E-state index in [-0.39, 0.29) is 23.7 Å². The Morgan fingerprint density at radius 2 is 1.85 bits per heavy atom. The standard InChI is InChI=1S/C25H18FN5O2S/c26-23-14-21(7-8-25(23)31-12-4-11-29-31)34(32,33)30-16-19-13-24(28-15-20(19)17-30)22(9-10-27)18-5-2-1-3-6-18/h1-9,11-15H,16-17H2/b22-9+. The summed E-state index contributed by atoms with van der Waals surface area (Å²) in [5.74, 6) is -0.681. The lowest BCUT2D eigenvalue weighted by molar-refractivity contribution is 0.431. The number of fused-ring (bicyclic) bond motifs is 1. The summed E-state index contributed by atoms with van der Waals surface area (Å²) in [7, 11) is -3.94. The largest absolute Gasteiger partial charge is 0.256 e. The minimum absolute atomic E-state index is 0.128. The number of pyridine rings is 1. The number of allylic oxidation sites excluding steroid dienone is 1. The second-order valence-electron chi connectivity index (χ2n) is 7.73. The molecule has 1 aliphatic heterocycles. The van der Waals surface area contributed by atoms with Gasteiger partial charge in [0, 0.05) is 43.3 Å². The van der Waals surface area contributed by atoms with Gasteiger partial charge in [0.15, 0.2) is 0 Å². The lowest BCUT2D eigenvalue weighted by Gasteiger charge is -2.16. The number of sulfonamides is 1. The first-order chi connectivity index (χ1) is 16.5. The summed E-state index contributed by atoms with van der Waals surface area (Å²) in [5, 5.41) is 13.2. The van der Waals surface area contributed by atoms with Gasteiger partial charge in [-0.05, 0) is 47.0 Å². The van der Waals surface area contributed by atoms with Crippen LogP contribution < -0.4 is 0 Å². The van der Waals surface area contributed by atoms with Crippen molar-refractivity contribution in [2.75, 3.05) is 0 Å². The molecule has 3 heterocycles. The molecule has 2 aromatic heterocycles. The van der Waals surface area contributed by atoms with Gasteiger partial charge < -0.3 is 0 Å². The van der Waals surface area contributed by atoms with Gasteiger partial charge in [0.25, 0.3) is 0 Å². The number of hydrogen-bond donors (Lipinski definition) is 0. The Morgan fingerprint density at radius 3 is 2.56 bits per heavy atom. The second-order valence-corrected chi connectivity index (χ2v) is 9.67. The number of benzene rings is 2. The highest BCUT2D eigenvalue weighted by Crippen LogP contribution is 2.32. The summed E-state index contributed by atoms with van der Waals surface area (Å²) in [6.07, 6.45) is 6.16. The van der Waals surface area contributed by atoms with Gasteiger partial charge in [-0.2, -0.15) is 14.7 Å². The SMILES string of the molecule is N#C/C=C(\c1ccccc1)c1cc2c(cn1)CN(S(=O)(=O)c1ccc(-n3cccn3)c(F)c1)C2. The molecule has 2 aromatic carbocycles. The van der Waals surface area contributed by atoms with Crippen LogP contribution >= 0.6 is 0 Å². The predicted octanol–water partition coefficient (Wildman–Crippen LogP) is 4.07. The zero-order valence-electron chi connectivity index (χ0n) is 17.8. The van der Waals surface area contributed by atoms with Gasteiger partial charge in [-0.25, -0.2) is 17.5 Å². The van der Waals surface area contributed by atoms with Crippen LogP contribution in [0, 0.1) is 17.1 Å². The summed E-state index contributed by atoms with van der Waals surface area (Å²) in [5.41, 5.74) is 3.81. The normalized spacial score (nSPS) is 14.1. The topological polar surface area (TPSA) is 91.9 Å². The molecule has 7 nitrogen and oxygen atoms in total. The van der Waals surface area contributed by atoms with Crippen LogP contribution in [-0.4, -0.2) is 27.5 Å². The van der Waals surface area contributed by atoms with E-state index in [4.69, 9.17) is 0 Å². The molecule has 0 atom stereocenters. The maximum atomic E-state index is 14.7. The fourth-order valence-electron chi connectivity index (χ4n) is 3.95. The van der Waals surface area contributed by atoms with Crippen molar-refractivity contribution < 1.29 is 12.8 Å². The summed E-state index contributed by atoms with van der Waals surface area (Å²) in [6, 6.07) is 18.7. The molecule has 0 N–H and O–H groups in total. The number of nitrogens with zero attached hydrogens (tertiary/aromatic N) is 5. The average Bonchev–Trinajstić information content (AvgIpc) is 3.53. The molecule has 9 heteroatoms. The third kappa shape index (κ3) is 3.90. The molecule has 0 bridgehead atoms. The van der Waals surface area contributed by atoms with Crippen molar-refractivity contribution in [3.63, 3.8) is 0 Å². The molecule has 34 heavy (non-hydrogen) atoms. The number of hydrogen-bond acceptors (Lipinski definition) is 5. The van der Waals surface area contributed by atoms with Crippen molar-refractivity contribution in [2.45, 2.75) is 18.0 Å². The van der Waals surface area contributed by atoms with Crippen LogP contribution in [0.2, 0.25) is 0 Å². The van der Waals surface area contributed by atoms with Crippen LogP contribution in [0.5, 0.6) is 0 Å². The summed E-state index contributed by atoms with van der Waals surface area (Å²) in [4.78, 5) is 4.35. The van der Waals surface area contributed by atoms with Crippen LogP contribution in [0.3, 0.4) is 0 Å². The van der Waals surface area contributed by atoms with Gasteiger partial charge in [0.05, 0.1) is 16.7 Å². The van der Waals surface area contributed by atoms with Crippen molar-refractivity contribution >= 4 is 15.6 Å². The second kappa shape index (κ2) is 8.67. The van der Waals surface area contributed by atoms with Crippen molar-refractivity contribution in [1.82, 2.24) is 19.1 Å². The van der Waals surface area contributed by atoms with E-state index < -0.39 is 15.8 Å². The Labute approximate surface area is 196 Å².